The fourth-order valence-electron chi connectivity index (χ4n) is 0.540. The number of hydrogen-bond donors (Lipinski definition) is 0. The minimum Gasteiger partial charge on any atom is -0.317 e. The van der Waals surface area contributed by atoms with Crippen LogP contribution in [0.4, 0.5) is 0 Å². The van der Waals surface area contributed by atoms with Crippen molar-refractivity contribution < 1.29 is 0 Å². The van der Waals surface area contributed by atoms with Gasteiger partial charge >= 0.3 is 0 Å². The Morgan fingerprint density at radius 3 is 2.00 bits per heavy atom. The molecule has 0 N–H and O–H groups in total. The molecule has 0 aliphatic heterocycles. The molecule has 0 aromatic heterocycles. The van der Waals surface area contributed by atoms with E-state index in [2.05, 4.69) is 37.1 Å². The van der Waals surface area contributed by atoms with Crippen LogP contribution in [0.1, 0.15) is 20.8 Å². The van der Waals surface area contributed by atoms with Gasteiger partial charge < -0.3 is 4.57 Å². The standard InChI is InChI=1S/C8H18ClNSi/c1-8(2,3)6-7-11(9)10(4)5/h6-7,11H,1-5H3. The smallest absolute Gasteiger partial charge is 0.237 e. The zero-order valence-electron chi connectivity index (χ0n) is 8.06. The van der Waals surface area contributed by atoms with Gasteiger partial charge in [-0.05, 0) is 19.5 Å². The monoisotopic (exact) mass is 191 g/mol. The third-order valence-corrected chi connectivity index (χ3v) is 4.35. The molecule has 0 aromatic rings. The zero-order valence-corrected chi connectivity index (χ0v) is 9.97. The lowest BCUT2D eigenvalue weighted by atomic mass is 9.98. The summed E-state index contributed by atoms with van der Waals surface area (Å²) in [7, 11) is 2.80. The molecule has 0 spiro atoms. The second-order valence-electron chi connectivity index (χ2n) is 4.06. The van der Waals surface area contributed by atoms with E-state index in [1.807, 2.05) is 14.1 Å². The molecule has 0 aliphatic carbocycles. The minimum atomic E-state index is -1.25. The normalized spacial score (nSPS) is 16.3. The van der Waals surface area contributed by atoms with Gasteiger partial charge in [0.15, 0.2) is 0 Å². The third kappa shape index (κ3) is 6.60. The summed E-state index contributed by atoms with van der Waals surface area (Å²) in [6, 6.07) is 0. The average Bonchev–Trinajstić information content (AvgIpc) is 1.80. The van der Waals surface area contributed by atoms with E-state index in [0.717, 1.165) is 0 Å². The molecule has 0 fully saturated rings. The number of allylic oxidation sites excluding steroid dienone is 1. The molecule has 1 nitrogen and oxygen atoms in total. The van der Waals surface area contributed by atoms with E-state index in [-0.39, 0.29) is 5.41 Å². The molecule has 11 heavy (non-hydrogen) atoms. The van der Waals surface area contributed by atoms with Gasteiger partial charge in [-0.3, -0.25) is 0 Å². The van der Waals surface area contributed by atoms with Gasteiger partial charge in [-0.15, -0.1) is 11.1 Å². The van der Waals surface area contributed by atoms with Crippen LogP contribution in [0.15, 0.2) is 11.8 Å². The van der Waals surface area contributed by atoms with Gasteiger partial charge in [0.2, 0.25) is 8.27 Å². The maximum absolute atomic E-state index is 6.10. The quantitative estimate of drug-likeness (QED) is 0.478. The Kier molecular flexibility index (Phi) is 4.37. The second-order valence-corrected chi connectivity index (χ2v) is 7.57. The van der Waals surface area contributed by atoms with Crippen molar-refractivity contribution in [1.82, 2.24) is 4.57 Å². The van der Waals surface area contributed by atoms with Crippen molar-refractivity contribution in [2.45, 2.75) is 20.8 Å². The van der Waals surface area contributed by atoms with Gasteiger partial charge in [-0.25, -0.2) is 0 Å². The molecule has 0 rings (SSSR count). The van der Waals surface area contributed by atoms with Crippen LogP contribution in [0.3, 0.4) is 0 Å². The molecule has 0 saturated heterocycles. The molecule has 1 atom stereocenters. The van der Waals surface area contributed by atoms with Gasteiger partial charge in [-0.1, -0.05) is 32.5 Å². The van der Waals surface area contributed by atoms with E-state index >= 15 is 0 Å². The van der Waals surface area contributed by atoms with Gasteiger partial charge in [-0.2, -0.15) is 0 Å². The lowest BCUT2D eigenvalue weighted by molar-refractivity contribution is 0.544. The van der Waals surface area contributed by atoms with Crippen molar-refractivity contribution in [2.24, 2.45) is 5.41 Å². The first-order valence-corrected chi connectivity index (χ1v) is 6.75. The van der Waals surface area contributed by atoms with E-state index in [9.17, 15) is 0 Å². The van der Waals surface area contributed by atoms with Crippen LogP contribution < -0.4 is 0 Å². The topological polar surface area (TPSA) is 3.24 Å². The van der Waals surface area contributed by atoms with Crippen LogP contribution in [0.25, 0.3) is 0 Å². The Hall–Kier alpha value is 0.207. The third-order valence-electron chi connectivity index (χ3n) is 1.25. The molecule has 3 heteroatoms. The Labute approximate surface area is 76.4 Å². The first-order chi connectivity index (χ1) is 4.83. The molecule has 0 amide bonds. The maximum atomic E-state index is 6.10. The van der Waals surface area contributed by atoms with E-state index in [1.54, 1.807) is 0 Å². The largest absolute Gasteiger partial charge is 0.317 e. The summed E-state index contributed by atoms with van der Waals surface area (Å²) in [6.07, 6.45) is 2.19. The van der Waals surface area contributed by atoms with Crippen LogP contribution in [0.2, 0.25) is 0 Å². The van der Waals surface area contributed by atoms with E-state index in [4.69, 9.17) is 11.1 Å². The predicted molar refractivity (Wildman–Crippen MR) is 55.3 cm³/mol. The summed E-state index contributed by atoms with van der Waals surface area (Å²) in [5.41, 5.74) is 2.41. The summed E-state index contributed by atoms with van der Waals surface area (Å²) in [5.74, 6) is 0. The van der Waals surface area contributed by atoms with Crippen molar-refractivity contribution in [3.8, 4) is 0 Å². The fraction of sp³-hybridized carbons (Fsp3) is 0.750. The highest BCUT2D eigenvalue weighted by Gasteiger charge is 2.08. The molecule has 0 radical (unpaired) electrons. The van der Waals surface area contributed by atoms with Crippen LogP contribution in [0.5, 0.6) is 0 Å². The molecule has 0 bridgehead atoms. The van der Waals surface area contributed by atoms with Crippen molar-refractivity contribution in [3.63, 3.8) is 0 Å². The summed E-state index contributed by atoms with van der Waals surface area (Å²) >= 11 is 6.10. The summed E-state index contributed by atoms with van der Waals surface area (Å²) < 4.78 is 2.10. The number of rotatable bonds is 2. The van der Waals surface area contributed by atoms with Crippen LogP contribution in [-0.4, -0.2) is 26.9 Å². The van der Waals surface area contributed by atoms with Gasteiger partial charge in [0.25, 0.3) is 0 Å². The summed E-state index contributed by atoms with van der Waals surface area (Å²) in [4.78, 5) is 0. The number of halogens is 1. The van der Waals surface area contributed by atoms with Crippen LogP contribution >= 0.6 is 11.1 Å². The molecule has 0 saturated carbocycles. The molecule has 1 unspecified atom stereocenters. The van der Waals surface area contributed by atoms with E-state index in [0.29, 0.717) is 0 Å². The zero-order chi connectivity index (χ0) is 9.07. The molecule has 66 valence electrons. The molecular weight excluding hydrogens is 174 g/mol. The first-order valence-electron chi connectivity index (χ1n) is 3.83. The maximum Gasteiger partial charge on any atom is 0.237 e. The van der Waals surface area contributed by atoms with Gasteiger partial charge in [0, 0.05) is 0 Å². The number of nitrogens with zero attached hydrogens (tertiary/aromatic N) is 1. The molecule has 0 aliphatic rings. The van der Waals surface area contributed by atoms with Crippen molar-refractivity contribution >= 4 is 19.3 Å². The Morgan fingerprint density at radius 2 is 1.73 bits per heavy atom. The van der Waals surface area contributed by atoms with Crippen molar-refractivity contribution in [2.75, 3.05) is 14.1 Å². The summed E-state index contributed by atoms with van der Waals surface area (Å²) in [6.45, 7) is 6.53. The first kappa shape index (κ1) is 11.2. The minimum absolute atomic E-state index is 0.260. The Balaban J connectivity index is 3.93. The fourth-order valence-corrected chi connectivity index (χ4v) is 1.84. The highest BCUT2D eigenvalue weighted by Crippen LogP contribution is 2.15. The number of hydrogen-bond acceptors (Lipinski definition) is 1. The lowest BCUT2D eigenvalue weighted by Gasteiger charge is -2.15. The van der Waals surface area contributed by atoms with Crippen molar-refractivity contribution in [1.29, 1.82) is 0 Å². The van der Waals surface area contributed by atoms with Crippen LogP contribution in [-0.2, 0) is 0 Å². The van der Waals surface area contributed by atoms with E-state index in [1.165, 1.54) is 0 Å². The van der Waals surface area contributed by atoms with E-state index < -0.39 is 8.27 Å². The SMILES string of the molecule is CN(C)[SiH](Cl)C=CC(C)(C)C. The lowest BCUT2D eigenvalue weighted by Crippen LogP contribution is -2.25. The average molecular weight is 192 g/mol. The summed E-state index contributed by atoms with van der Waals surface area (Å²) in [5, 5.41) is 0. The highest BCUT2D eigenvalue weighted by molar-refractivity contribution is 7.08. The second kappa shape index (κ2) is 4.29. The van der Waals surface area contributed by atoms with Gasteiger partial charge in [0.05, 0.1) is 0 Å². The van der Waals surface area contributed by atoms with Crippen molar-refractivity contribution in [3.05, 3.63) is 11.8 Å². The predicted octanol–water partition coefficient (Wildman–Crippen LogP) is 2.15. The van der Waals surface area contributed by atoms with Crippen LogP contribution in [0, 0.1) is 5.41 Å². The van der Waals surface area contributed by atoms with Gasteiger partial charge in [0.1, 0.15) is 0 Å². The molecule has 0 heterocycles. The Morgan fingerprint density at radius 1 is 1.27 bits per heavy atom. The highest BCUT2D eigenvalue weighted by atomic mass is 35.6. The molecular formula is C8H18ClNSi. The Bertz CT molecular complexity index is 138. The molecule has 0 aromatic carbocycles.